The van der Waals surface area contributed by atoms with Crippen molar-refractivity contribution in [1.82, 2.24) is 0 Å². The Morgan fingerprint density at radius 2 is 1.70 bits per heavy atom. The summed E-state index contributed by atoms with van der Waals surface area (Å²) in [4.78, 5) is 3.58. The number of halogens is 2. The van der Waals surface area contributed by atoms with Crippen LogP contribution in [-0.2, 0) is 9.47 Å². The van der Waals surface area contributed by atoms with Crippen LogP contribution in [0.4, 0.5) is 20.2 Å². The predicted molar refractivity (Wildman–Crippen MR) is 82.6 cm³/mol. The van der Waals surface area contributed by atoms with Gasteiger partial charge in [-0.1, -0.05) is 0 Å². The van der Waals surface area contributed by atoms with Crippen LogP contribution < -0.4 is 15.5 Å². The van der Waals surface area contributed by atoms with E-state index in [1.165, 1.54) is 12.1 Å². The summed E-state index contributed by atoms with van der Waals surface area (Å²) in [6, 6.07) is 2.77. The molecule has 0 saturated carbocycles. The standard InChI is InChI=1S/C16H21F2N3O2/c17-14-3-10(21-8-13(5-19)22-9-21)4-15(18)16(14)20-6-11-1-2-12(7-20)23-11/h3-4,11-13H,1-2,5-9,19H2. The Kier molecular flexibility index (Phi) is 3.87. The van der Waals surface area contributed by atoms with Crippen molar-refractivity contribution < 1.29 is 18.3 Å². The molecule has 3 fully saturated rings. The third-order valence-corrected chi connectivity index (χ3v) is 4.88. The summed E-state index contributed by atoms with van der Waals surface area (Å²) in [6.45, 7) is 2.35. The molecule has 1 aromatic rings. The van der Waals surface area contributed by atoms with Crippen LogP contribution in [0.25, 0.3) is 0 Å². The molecular formula is C16H21F2N3O2. The van der Waals surface area contributed by atoms with E-state index in [4.69, 9.17) is 15.2 Å². The van der Waals surface area contributed by atoms with E-state index in [-0.39, 0.29) is 24.0 Å². The van der Waals surface area contributed by atoms with E-state index in [1.54, 1.807) is 9.80 Å². The summed E-state index contributed by atoms with van der Waals surface area (Å²) in [6.07, 6.45) is 2.02. The molecule has 7 heteroatoms. The van der Waals surface area contributed by atoms with Crippen molar-refractivity contribution in [3.8, 4) is 0 Å². The number of rotatable bonds is 3. The van der Waals surface area contributed by atoms with E-state index in [0.29, 0.717) is 38.6 Å². The molecule has 3 heterocycles. The molecule has 0 amide bonds. The molecule has 0 aliphatic carbocycles. The van der Waals surface area contributed by atoms with Crippen molar-refractivity contribution in [2.24, 2.45) is 5.73 Å². The van der Waals surface area contributed by atoms with Crippen molar-refractivity contribution in [3.63, 3.8) is 0 Å². The molecule has 1 aromatic carbocycles. The van der Waals surface area contributed by atoms with Gasteiger partial charge in [-0.25, -0.2) is 8.78 Å². The molecule has 2 bridgehead atoms. The Bertz CT molecular complexity index is 566. The van der Waals surface area contributed by atoms with E-state index in [0.717, 1.165) is 12.8 Å². The molecule has 3 aliphatic rings. The summed E-state index contributed by atoms with van der Waals surface area (Å²) in [5, 5.41) is 0. The van der Waals surface area contributed by atoms with Crippen molar-refractivity contribution in [2.75, 3.05) is 42.7 Å². The van der Waals surface area contributed by atoms with Crippen LogP contribution in [0.15, 0.2) is 12.1 Å². The highest BCUT2D eigenvalue weighted by molar-refractivity contribution is 5.59. The second kappa shape index (κ2) is 5.89. The number of fused-ring (bicyclic) bond motifs is 2. The number of benzene rings is 1. The molecule has 3 aliphatic heterocycles. The lowest BCUT2D eigenvalue weighted by Gasteiger charge is -2.34. The van der Waals surface area contributed by atoms with Crippen LogP contribution in [-0.4, -0.2) is 51.2 Å². The van der Waals surface area contributed by atoms with Crippen molar-refractivity contribution >= 4 is 11.4 Å². The fourth-order valence-corrected chi connectivity index (χ4v) is 3.70. The van der Waals surface area contributed by atoms with Gasteiger partial charge in [0, 0.05) is 31.9 Å². The molecular weight excluding hydrogens is 304 g/mol. The summed E-state index contributed by atoms with van der Waals surface area (Å²) in [7, 11) is 0. The summed E-state index contributed by atoms with van der Waals surface area (Å²) >= 11 is 0. The lowest BCUT2D eigenvalue weighted by molar-refractivity contribution is 0.0300. The van der Waals surface area contributed by atoms with E-state index in [9.17, 15) is 8.78 Å². The Morgan fingerprint density at radius 3 is 2.26 bits per heavy atom. The van der Waals surface area contributed by atoms with E-state index < -0.39 is 11.6 Å². The first kappa shape index (κ1) is 15.1. The number of morpholine rings is 1. The van der Waals surface area contributed by atoms with Gasteiger partial charge in [-0.2, -0.15) is 0 Å². The zero-order chi connectivity index (χ0) is 16.0. The van der Waals surface area contributed by atoms with Crippen molar-refractivity contribution in [3.05, 3.63) is 23.8 Å². The van der Waals surface area contributed by atoms with E-state index in [2.05, 4.69) is 0 Å². The summed E-state index contributed by atoms with van der Waals surface area (Å²) < 4.78 is 40.4. The number of hydrogen-bond donors (Lipinski definition) is 1. The van der Waals surface area contributed by atoms with Crippen LogP contribution in [0.2, 0.25) is 0 Å². The van der Waals surface area contributed by atoms with Crippen LogP contribution in [0.3, 0.4) is 0 Å². The Hall–Kier alpha value is -1.44. The number of nitrogens with zero attached hydrogens (tertiary/aromatic N) is 2. The lowest BCUT2D eigenvalue weighted by Crippen LogP contribution is -2.43. The first-order valence-corrected chi connectivity index (χ1v) is 8.10. The van der Waals surface area contributed by atoms with Gasteiger partial charge in [0.05, 0.1) is 18.3 Å². The maximum absolute atomic E-state index is 14.6. The lowest BCUT2D eigenvalue weighted by atomic mass is 10.2. The van der Waals surface area contributed by atoms with Crippen LogP contribution in [0.1, 0.15) is 12.8 Å². The van der Waals surface area contributed by atoms with Gasteiger partial charge in [0.15, 0.2) is 11.6 Å². The molecule has 0 aromatic heterocycles. The van der Waals surface area contributed by atoms with Crippen molar-refractivity contribution in [2.45, 2.75) is 31.2 Å². The van der Waals surface area contributed by atoms with Gasteiger partial charge in [-0.05, 0) is 25.0 Å². The van der Waals surface area contributed by atoms with Gasteiger partial charge in [0.1, 0.15) is 12.4 Å². The SMILES string of the molecule is NCC1CN(c2cc(F)c(N3CC4CCC(C3)O4)c(F)c2)CO1. The Balaban J connectivity index is 1.57. The fraction of sp³-hybridized carbons (Fsp3) is 0.625. The van der Waals surface area contributed by atoms with Crippen LogP contribution >= 0.6 is 0 Å². The minimum atomic E-state index is -0.530. The molecule has 126 valence electrons. The Morgan fingerprint density at radius 1 is 1.04 bits per heavy atom. The van der Waals surface area contributed by atoms with Crippen LogP contribution in [0.5, 0.6) is 0 Å². The van der Waals surface area contributed by atoms with Gasteiger partial charge in [0.2, 0.25) is 0 Å². The minimum Gasteiger partial charge on any atom is -0.371 e. The van der Waals surface area contributed by atoms with E-state index >= 15 is 0 Å². The van der Waals surface area contributed by atoms with E-state index in [1.807, 2.05) is 0 Å². The highest BCUT2D eigenvalue weighted by Gasteiger charge is 2.36. The quantitative estimate of drug-likeness (QED) is 0.912. The zero-order valence-corrected chi connectivity index (χ0v) is 12.9. The van der Waals surface area contributed by atoms with Gasteiger partial charge in [0.25, 0.3) is 0 Å². The topological polar surface area (TPSA) is 51.0 Å². The smallest absolute Gasteiger partial charge is 0.151 e. The third-order valence-electron chi connectivity index (χ3n) is 4.88. The normalized spacial score (nSPS) is 30.3. The first-order valence-electron chi connectivity index (χ1n) is 8.10. The fourth-order valence-electron chi connectivity index (χ4n) is 3.70. The second-order valence-corrected chi connectivity index (χ2v) is 6.50. The maximum atomic E-state index is 14.6. The highest BCUT2D eigenvalue weighted by Crippen LogP contribution is 2.35. The van der Waals surface area contributed by atoms with Gasteiger partial charge < -0.3 is 25.0 Å². The zero-order valence-electron chi connectivity index (χ0n) is 12.9. The molecule has 2 N–H and O–H groups in total. The summed E-state index contributed by atoms with van der Waals surface area (Å²) in [5.74, 6) is -1.06. The number of nitrogens with two attached hydrogens (primary N) is 1. The van der Waals surface area contributed by atoms with Gasteiger partial charge >= 0.3 is 0 Å². The molecule has 0 spiro atoms. The largest absolute Gasteiger partial charge is 0.371 e. The van der Waals surface area contributed by atoms with Crippen molar-refractivity contribution in [1.29, 1.82) is 0 Å². The number of hydrogen-bond acceptors (Lipinski definition) is 5. The molecule has 4 rings (SSSR count). The van der Waals surface area contributed by atoms with Crippen LogP contribution in [0, 0.1) is 11.6 Å². The van der Waals surface area contributed by atoms with Gasteiger partial charge in [-0.15, -0.1) is 0 Å². The molecule has 3 atom stereocenters. The number of ether oxygens (including phenoxy) is 2. The average Bonchev–Trinajstić information content (AvgIpc) is 3.13. The first-order chi connectivity index (χ1) is 11.1. The minimum absolute atomic E-state index is 0.0597. The molecule has 0 radical (unpaired) electrons. The highest BCUT2D eigenvalue weighted by atomic mass is 19.1. The molecule has 5 nitrogen and oxygen atoms in total. The molecule has 3 saturated heterocycles. The summed E-state index contributed by atoms with van der Waals surface area (Å²) in [5.41, 5.74) is 6.13. The second-order valence-electron chi connectivity index (χ2n) is 6.50. The predicted octanol–water partition coefficient (Wildman–Crippen LogP) is 1.45. The molecule has 3 unspecified atom stereocenters. The third kappa shape index (κ3) is 2.77. The Labute approximate surface area is 133 Å². The number of anilines is 2. The van der Waals surface area contributed by atoms with Gasteiger partial charge in [-0.3, -0.25) is 0 Å². The molecule has 23 heavy (non-hydrogen) atoms. The monoisotopic (exact) mass is 325 g/mol. The maximum Gasteiger partial charge on any atom is 0.151 e. The average molecular weight is 325 g/mol.